The highest BCUT2D eigenvalue weighted by molar-refractivity contribution is 5.46. The second-order valence-electron chi connectivity index (χ2n) is 7.86. The highest BCUT2D eigenvalue weighted by Crippen LogP contribution is 2.44. The Bertz CT molecular complexity index is 814. The van der Waals surface area contributed by atoms with Gasteiger partial charge in [-0.05, 0) is 44.6 Å². The first-order chi connectivity index (χ1) is 12.5. The minimum atomic E-state index is 0.131. The van der Waals surface area contributed by atoms with Crippen molar-refractivity contribution in [2.45, 2.75) is 51.4 Å². The van der Waals surface area contributed by atoms with E-state index in [2.05, 4.69) is 27.9 Å². The van der Waals surface area contributed by atoms with E-state index < -0.39 is 0 Å². The summed E-state index contributed by atoms with van der Waals surface area (Å²) in [5.74, 6) is 2.75. The largest absolute Gasteiger partial charge is 0.356 e. The maximum atomic E-state index is 4.96. The minimum absolute atomic E-state index is 0.131. The number of hydrogen-bond acceptors (Lipinski definition) is 6. The molecule has 0 radical (unpaired) electrons. The lowest BCUT2D eigenvalue weighted by Gasteiger charge is -2.41. The zero-order valence-electron chi connectivity index (χ0n) is 16.3. The van der Waals surface area contributed by atoms with Crippen LogP contribution in [-0.2, 0) is 18.3 Å². The Morgan fingerprint density at radius 3 is 2.81 bits per heavy atom. The van der Waals surface area contributed by atoms with Gasteiger partial charge in [-0.2, -0.15) is 0 Å². The molecule has 2 aromatic rings. The monoisotopic (exact) mass is 352 g/mol. The molecule has 4 rings (SSSR count). The van der Waals surface area contributed by atoms with Crippen molar-refractivity contribution in [2.75, 3.05) is 37.0 Å². The molecular weight excluding hydrogens is 324 g/mol. The molecule has 1 spiro atoms. The summed E-state index contributed by atoms with van der Waals surface area (Å²) in [5, 5.41) is 0. The summed E-state index contributed by atoms with van der Waals surface area (Å²) in [5.41, 5.74) is 3.84. The third-order valence-electron chi connectivity index (χ3n) is 5.77. The Morgan fingerprint density at radius 1 is 1.19 bits per heavy atom. The average Bonchev–Trinajstić information content (AvgIpc) is 2.98. The number of fused-ring (bicyclic) bond motifs is 2. The van der Waals surface area contributed by atoms with Crippen LogP contribution >= 0.6 is 0 Å². The Kier molecular flexibility index (Phi) is 4.29. The zero-order valence-corrected chi connectivity index (χ0v) is 16.3. The van der Waals surface area contributed by atoms with Crippen molar-refractivity contribution < 1.29 is 0 Å². The summed E-state index contributed by atoms with van der Waals surface area (Å²) < 4.78 is 0. The highest BCUT2D eigenvalue weighted by Gasteiger charge is 2.44. The van der Waals surface area contributed by atoms with Crippen LogP contribution in [0, 0.1) is 6.92 Å². The molecule has 138 valence electrons. The first-order valence-corrected chi connectivity index (χ1v) is 9.64. The molecule has 0 amide bonds. The molecule has 2 aromatic heterocycles. The zero-order chi connectivity index (χ0) is 18.3. The molecule has 1 unspecified atom stereocenters. The smallest absolute Gasteiger partial charge is 0.225 e. The van der Waals surface area contributed by atoms with Gasteiger partial charge in [-0.1, -0.05) is 6.92 Å². The average molecular weight is 352 g/mol. The maximum Gasteiger partial charge on any atom is 0.225 e. The molecule has 1 aliphatic carbocycles. The summed E-state index contributed by atoms with van der Waals surface area (Å²) in [6, 6.07) is 2.16. The number of rotatable bonds is 3. The van der Waals surface area contributed by atoms with Crippen molar-refractivity contribution in [1.82, 2.24) is 19.9 Å². The van der Waals surface area contributed by atoms with Crippen LogP contribution in [0.1, 0.15) is 49.0 Å². The van der Waals surface area contributed by atoms with Gasteiger partial charge in [0.2, 0.25) is 5.95 Å². The van der Waals surface area contributed by atoms with Crippen LogP contribution in [0.2, 0.25) is 0 Å². The molecule has 0 bridgehead atoms. The van der Waals surface area contributed by atoms with Crippen LogP contribution in [-0.4, -0.2) is 47.1 Å². The number of nitrogens with zero attached hydrogens (tertiary/aromatic N) is 6. The quantitative estimate of drug-likeness (QED) is 0.846. The lowest BCUT2D eigenvalue weighted by atomic mass is 9.77. The third-order valence-corrected chi connectivity index (χ3v) is 5.77. The minimum Gasteiger partial charge on any atom is -0.356 e. The van der Waals surface area contributed by atoms with Crippen LogP contribution in [0.15, 0.2) is 12.3 Å². The Balaban J connectivity index is 1.68. The molecular formula is C20H28N6. The van der Waals surface area contributed by atoms with E-state index >= 15 is 0 Å². The summed E-state index contributed by atoms with van der Waals surface area (Å²) in [6.07, 6.45) is 7.60. The fraction of sp³-hybridized carbons (Fsp3) is 0.600. The van der Waals surface area contributed by atoms with Crippen LogP contribution in [0.25, 0.3) is 0 Å². The van der Waals surface area contributed by atoms with Gasteiger partial charge >= 0.3 is 0 Å². The highest BCUT2D eigenvalue weighted by atomic mass is 15.2. The molecule has 2 aliphatic rings. The Morgan fingerprint density at radius 2 is 2.04 bits per heavy atom. The van der Waals surface area contributed by atoms with E-state index in [4.69, 9.17) is 9.97 Å². The van der Waals surface area contributed by atoms with Crippen LogP contribution in [0.3, 0.4) is 0 Å². The molecule has 0 N–H and O–H groups in total. The van der Waals surface area contributed by atoms with Gasteiger partial charge in [-0.15, -0.1) is 0 Å². The van der Waals surface area contributed by atoms with Gasteiger partial charge in [0.05, 0.1) is 5.69 Å². The van der Waals surface area contributed by atoms with Crippen molar-refractivity contribution in [1.29, 1.82) is 0 Å². The van der Waals surface area contributed by atoms with Gasteiger partial charge < -0.3 is 9.80 Å². The van der Waals surface area contributed by atoms with E-state index in [9.17, 15) is 0 Å². The first kappa shape index (κ1) is 17.2. The van der Waals surface area contributed by atoms with Gasteiger partial charge in [-0.3, -0.25) is 0 Å². The number of aryl methyl sites for hydroxylation is 3. The topological polar surface area (TPSA) is 58.0 Å². The van der Waals surface area contributed by atoms with Crippen LogP contribution < -0.4 is 9.80 Å². The molecule has 0 saturated carbocycles. The molecule has 6 nitrogen and oxygen atoms in total. The molecule has 26 heavy (non-hydrogen) atoms. The van der Waals surface area contributed by atoms with Gasteiger partial charge in [0.1, 0.15) is 11.6 Å². The van der Waals surface area contributed by atoms with Crippen LogP contribution in [0.5, 0.6) is 0 Å². The fourth-order valence-corrected chi connectivity index (χ4v) is 4.43. The van der Waals surface area contributed by atoms with Crippen molar-refractivity contribution >= 4 is 11.8 Å². The van der Waals surface area contributed by atoms with Crippen molar-refractivity contribution in [3.63, 3.8) is 0 Å². The summed E-state index contributed by atoms with van der Waals surface area (Å²) in [4.78, 5) is 23.2. The van der Waals surface area contributed by atoms with Crippen molar-refractivity contribution in [3.8, 4) is 0 Å². The molecule has 1 atom stereocenters. The standard InChI is InChI=1S/C20H28N6/c1-5-16-11-17(23-14(2)22-16)26-10-6-8-20(13-26)9-7-15-12-21-19(25(3)4)24-18(15)20/h11-12H,5-10,13H2,1-4H3. The van der Waals surface area contributed by atoms with Gasteiger partial charge in [-0.25, -0.2) is 19.9 Å². The second kappa shape index (κ2) is 6.49. The molecule has 1 saturated heterocycles. The van der Waals surface area contributed by atoms with Gasteiger partial charge in [0.15, 0.2) is 0 Å². The Hall–Kier alpha value is -2.24. The number of anilines is 2. The van der Waals surface area contributed by atoms with E-state index in [0.29, 0.717) is 0 Å². The molecule has 3 heterocycles. The van der Waals surface area contributed by atoms with E-state index in [1.807, 2.05) is 32.1 Å². The number of aromatic nitrogens is 4. The van der Waals surface area contributed by atoms with E-state index in [0.717, 1.165) is 55.6 Å². The SMILES string of the molecule is CCc1cc(N2CCCC3(CCc4cnc(N(C)C)nc43)C2)nc(C)n1. The third kappa shape index (κ3) is 2.91. The lowest BCUT2D eigenvalue weighted by Crippen LogP contribution is -2.46. The van der Waals surface area contributed by atoms with E-state index in [1.54, 1.807) is 0 Å². The summed E-state index contributed by atoms with van der Waals surface area (Å²) in [7, 11) is 4.01. The van der Waals surface area contributed by atoms with Crippen molar-refractivity contribution in [3.05, 3.63) is 35.0 Å². The number of piperidine rings is 1. The van der Waals surface area contributed by atoms with Gasteiger partial charge in [0, 0.05) is 50.6 Å². The molecule has 0 aromatic carbocycles. The molecule has 1 fully saturated rings. The number of hydrogen-bond donors (Lipinski definition) is 0. The van der Waals surface area contributed by atoms with E-state index in [1.165, 1.54) is 24.1 Å². The summed E-state index contributed by atoms with van der Waals surface area (Å²) >= 11 is 0. The molecule has 1 aliphatic heterocycles. The maximum absolute atomic E-state index is 4.96. The lowest BCUT2D eigenvalue weighted by molar-refractivity contribution is 0.333. The predicted molar refractivity (Wildman–Crippen MR) is 104 cm³/mol. The van der Waals surface area contributed by atoms with Crippen LogP contribution in [0.4, 0.5) is 11.8 Å². The predicted octanol–water partition coefficient (Wildman–Crippen LogP) is 2.69. The first-order valence-electron chi connectivity index (χ1n) is 9.64. The fourth-order valence-electron chi connectivity index (χ4n) is 4.43. The van der Waals surface area contributed by atoms with Crippen molar-refractivity contribution in [2.24, 2.45) is 0 Å². The normalized spacial score (nSPS) is 21.9. The van der Waals surface area contributed by atoms with Gasteiger partial charge in [0.25, 0.3) is 0 Å². The summed E-state index contributed by atoms with van der Waals surface area (Å²) in [6.45, 7) is 6.19. The second-order valence-corrected chi connectivity index (χ2v) is 7.86. The molecule has 6 heteroatoms. The van der Waals surface area contributed by atoms with E-state index in [-0.39, 0.29) is 5.41 Å². The Labute approximate surface area is 155 Å².